The maximum atomic E-state index is 12.0. The van der Waals surface area contributed by atoms with Crippen LogP contribution in [0.25, 0.3) is 0 Å². The summed E-state index contributed by atoms with van der Waals surface area (Å²) in [6.45, 7) is 3.13. The molecule has 1 aliphatic rings. The molecule has 0 bridgehead atoms. The summed E-state index contributed by atoms with van der Waals surface area (Å²) in [5, 5.41) is 6.47. The lowest BCUT2D eigenvalue weighted by molar-refractivity contribution is 0.0925. The second-order valence-corrected chi connectivity index (χ2v) is 5.47. The van der Waals surface area contributed by atoms with E-state index in [0.717, 1.165) is 29.4 Å². The molecule has 3 nitrogen and oxygen atoms in total. The van der Waals surface area contributed by atoms with Crippen LogP contribution in [-0.4, -0.2) is 24.5 Å². The van der Waals surface area contributed by atoms with E-state index in [1.807, 2.05) is 24.3 Å². The number of hydrogen-bond acceptors (Lipinski definition) is 2. The third kappa shape index (κ3) is 3.54. The first-order valence-electron chi connectivity index (χ1n) is 5.95. The molecule has 2 N–H and O–H groups in total. The number of rotatable bonds is 2. The molecule has 2 atom stereocenters. The van der Waals surface area contributed by atoms with Gasteiger partial charge < -0.3 is 10.6 Å². The van der Waals surface area contributed by atoms with Gasteiger partial charge in [-0.1, -0.05) is 15.9 Å². The van der Waals surface area contributed by atoms with Crippen molar-refractivity contribution in [1.29, 1.82) is 0 Å². The summed E-state index contributed by atoms with van der Waals surface area (Å²) in [6.07, 6.45) is 2.01. The van der Waals surface area contributed by atoms with Crippen LogP contribution in [0.15, 0.2) is 28.7 Å². The zero-order valence-corrected chi connectivity index (χ0v) is 11.5. The molecule has 17 heavy (non-hydrogen) atoms. The van der Waals surface area contributed by atoms with Gasteiger partial charge in [-0.3, -0.25) is 4.79 Å². The van der Waals surface area contributed by atoms with Gasteiger partial charge in [-0.2, -0.15) is 0 Å². The minimum Gasteiger partial charge on any atom is -0.349 e. The first-order chi connectivity index (χ1) is 8.15. The van der Waals surface area contributed by atoms with Crippen molar-refractivity contribution in [2.75, 3.05) is 6.54 Å². The standard InChI is InChI=1S/C13H17BrN2O/c1-9-8-12(6-7-15-9)16-13(17)10-2-4-11(14)5-3-10/h2-5,9,12,15H,6-8H2,1H3,(H,16,17). The van der Waals surface area contributed by atoms with Crippen molar-refractivity contribution in [1.82, 2.24) is 10.6 Å². The molecular weight excluding hydrogens is 280 g/mol. The first-order valence-corrected chi connectivity index (χ1v) is 6.74. The van der Waals surface area contributed by atoms with E-state index in [9.17, 15) is 4.79 Å². The average Bonchev–Trinajstić information content (AvgIpc) is 2.29. The largest absolute Gasteiger partial charge is 0.349 e. The van der Waals surface area contributed by atoms with E-state index < -0.39 is 0 Å². The molecule has 1 amide bonds. The summed E-state index contributed by atoms with van der Waals surface area (Å²) in [5.41, 5.74) is 0.722. The summed E-state index contributed by atoms with van der Waals surface area (Å²) < 4.78 is 0.990. The normalized spacial score (nSPS) is 24.4. The number of piperidine rings is 1. The lowest BCUT2D eigenvalue weighted by atomic mass is 10.0. The van der Waals surface area contributed by atoms with Crippen LogP contribution in [0.4, 0.5) is 0 Å². The number of benzene rings is 1. The third-order valence-electron chi connectivity index (χ3n) is 3.07. The predicted molar refractivity (Wildman–Crippen MR) is 72.1 cm³/mol. The van der Waals surface area contributed by atoms with Crippen LogP contribution < -0.4 is 10.6 Å². The molecule has 1 heterocycles. The number of hydrogen-bond donors (Lipinski definition) is 2. The van der Waals surface area contributed by atoms with Gasteiger partial charge in [0.15, 0.2) is 0 Å². The highest BCUT2D eigenvalue weighted by molar-refractivity contribution is 9.10. The molecule has 1 aromatic carbocycles. The number of carbonyl (C=O) groups excluding carboxylic acids is 1. The Morgan fingerprint density at radius 2 is 2.12 bits per heavy atom. The highest BCUT2D eigenvalue weighted by atomic mass is 79.9. The summed E-state index contributed by atoms with van der Waals surface area (Å²) in [5.74, 6) is 0.0246. The molecule has 92 valence electrons. The van der Waals surface area contributed by atoms with Crippen LogP contribution in [0.3, 0.4) is 0 Å². The van der Waals surface area contributed by atoms with Crippen molar-refractivity contribution in [3.63, 3.8) is 0 Å². The maximum absolute atomic E-state index is 12.0. The predicted octanol–water partition coefficient (Wildman–Crippen LogP) is 2.32. The zero-order chi connectivity index (χ0) is 12.3. The Kier molecular flexibility index (Phi) is 4.18. The van der Waals surface area contributed by atoms with E-state index in [0.29, 0.717) is 12.1 Å². The van der Waals surface area contributed by atoms with Crippen LogP contribution in [0, 0.1) is 0 Å². The highest BCUT2D eigenvalue weighted by Gasteiger charge is 2.20. The molecule has 1 fully saturated rings. The fourth-order valence-electron chi connectivity index (χ4n) is 2.13. The Balaban J connectivity index is 1.94. The Hall–Kier alpha value is -0.870. The number of nitrogens with one attached hydrogen (secondary N) is 2. The Morgan fingerprint density at radius 3 is 2.76 bits per heavy atom. The summed E-state index contributed by atoms with van der Waals surface area (Å²) in [6, 6.07) is 8.23. The second kappa shape index (κ2) is 5.65. The lowest BCUT2D eigenvalue weighted by Gasteiger charge is -2.28. The minimum absolute atomic E-state index is 0.0246. The monoisotopic (exact) mass is 296 g/mol. The third-order valence-corrected chi connectivity index (χ3v) is 3.59. The second-order valence-electron chi connectivity index (χ2n) is 4.56. The van der Waals surface area contributed by atoms with Gasteiger partial charge in [-0.05, 0) is 50.6 Å². The number of carbonyl (C=O) groups is 1. The van der Waals surface area contributed by atoms with Crippen molar-refractivity contribution in [2.24, 2.45) is 0 Å². The Bertz CT molecular complexity index is 391. The zero-order valence-electron chi connectivity index (χ0n) is 9.87. The fourth-order valence-corrected chi connectivity index (χ4v) is 2.40. The quantitative estimate of drug-likeness (QED) is 0.879. The van der Waals surface area contributed by atoms with Crippen molar-refractivity contribution in [3.05, 3.63) is 34.3 Å². The molecule has 1 aromatic rings. The van der Waals surface area contributed by atoms with Gasteiger partial charge in [-0.15, -0.1) is 0 Å². The Labute approximate surface area is 110 Å². The highest BCUT2D eigenvalue weighted by Crippen LogP contribution is 2.12. The molecule has 0 radical (unpaired) electrons. The molecule has 0 aromatic heterocycles. The number of amides is 1. The van der Waals surface area contributed by atoms with Crippen molar-refractivity contribution >= 4 is 21.8 Å². The van der Waals surface area contributed by atoms with Crippen LogP contribution in [0.1, 0.15) is 30.1 Å². The maximum Gasteiger partial charge on any atom is 0.251 e. The van der Waals surface area contributed by atoms with Gasteiger partial charge in [0, 0.05) is 22.1 Å². The van der Waals surface area contributed by atoms with E-state index in [1.165, 1.54) is 0 Å². The van der Waals surface area contributed by atoms with Gasteiger partial charge in [0.2, 0.25) is 0 Å². The van der Waals surface area contributed by atoms with Crippen LogP contribution in [-0.2, 0) is 0 Å². The molecule has 0 spiro atoms. The molecule has 2 unspecified atom stereocenters. The van der Waals surface area contributed by atoms with Crippen molar-refractivity contribution in [3.8, 4) is 0 Å². The van der Waals surface area contributed by atoms with E-state index in [1.54, 1.807) is 0 Å². The Morgan fingerprint density at radius 1 is 1.41 bits per heavy atom. The van der Waals surface area contributed by atoms with Gasteiger partial charge >= 0.3 is 0 Å². The minimum atomic E-state index is 0.0246. The molecule has 2 rings (SSSR count). The lowest BCUT2D eigenvalue weighted by Crippen LogP contribution is -2.46. The van der Waals surface area contributed by atoms with E-state index in [4.69, 9.17) is 0 Å². The average molecular weight is 297 g/mol. The SMILES string of the molecule is CC1CC(NC(=O)c2ccc(Br)cc2)CCN1. The topological polar surface area (TPSA) is 41.1 Å². The van der Waals surface area contributed by atoms with Crippen LogP contribution in [0.5, 0.6) is 0 Å². The van der Waals surface area contributed by atoms with Crippen LogP contribution >= 0.6 is 15.9 Å². The molecule has 0 aliphatic carbocycles. The van der Waals surface area contributed by atoms with Crippen molar-refractivity contribution < 1.29 is 4.79 Å². The molecule has 1 saturated heterocycles. The number of halogens is 1. The smallest absolute Gasteiger partial charge is 0.251 e. The van der Waals surface area contributed by atoms with Gasteiger partial charge in [0.1, 0.15) is 0 Å². The fraction of sp³-hybridized carbons (Fsp3) is 0.462. The van der Waals surface area contributed by atoms with Crippen LogP contribution in [0.2, 0.25) is 0 Å². The molecule has 0 saturated carbocycles. The molecule has 1 aliphatic heterocycles. The van der Waals surface area contributed by atoms with Gasteiger partial charge in [0.05, 0.1) is 0 Å². The molecular formula is C13H17BrN2O. The van der Waals surface area contributed by atoms with E-state index in [2.05, 4.69) is 33.5 Å². The van der Waals surface area contributed by atoms with Gasteiger partial charge in [0.25, 0.3) is 5.91 Å². The summed E-state index contributed by atoms with van der Waals surface area (Å²) in [7, 11) is 0. The summed E-state index contributed by atoms with van der Waals surface area (Å²) in [4.78, 5) is 12.0. The molecule has 4 heteroatoms. The first kappa shape index (κ1) is 12.6. The van der Waals surface area contributed by atoms with E-state index in [-0.39, 0.29) is 5.91 Å². The van der Waals surface area contributed by atoms with E-state index >= 15 is 0 Å². The van der Waals surface area contributed by atoms with Crippen molar-refractivity contribution in [2.45, 2.75) is 31.8 Å². The van der Waals surface area contributed by atoms with Gasteiger partial charge in [-0.25, -0.2) is 0 Å². The summed E-state index contributed by atoms with van der Waals surface area (Å²) >= 11 is 3.36.